The SMILES string of the molecule is CCOC(=O)[C@@H](C)C[C@H](NC(=O)C[C@@H]1NC(=O)[C@H](Cc2ccccc2)NC1=O)C(=O)O. The van der Waals surface area contributed by atoms with Crippen molar-refractivity contribution in [1.82, 2.24) is 16.0 Å². The first-order valence-electron chi connectivity index (χ1n) is 10.0. The van der Waals surface area contributed by atoms with Crippen molar-refractivity contribution in [2.75, 3.05) is 6.61 Å². The predicted molar refractivity (Wildman–Crippen MR) is 109 cm³/mol. The molecule has 31 heavy (non-hydrogen) atoms. The summed E-state index contributed by atoms with van der Waals surface area (Å²) in [7, 11) is 0. The minimum Gasteiger partial charge on any atom is -0.480 e. The molecule has 4 N–H and O–H groups in total. The van der Waals surface area contributed by atoms with Crippen molar-refractivity contribution in [2.45, 2.75) is 51.2 Å². The number of carbonyl (C=O) groups is 5. The number of rotatable bonds is 10. The molecular weight excluding hydrogens is 406 g/mol. The summed E-state index contributed by atoms with van der Waals surface area (Å²) in [6.07, 6.45) is -0.278. The summed E-state index contributed by atoms with van der Waals surface area (Å²) < 4.78 is 4.84. The van der Waals surface area contributed by atoms with Gasteiger partial charge in [-0.1, -0.05) is 37.3 Å². The number of hydrogen-bond acceptors (Lipinski definition) is 6. The molecule has 0 radical (unpaired) electrons. The molecule has 1 fully saturated rings. The van der Waals surface area contributed by atoms with E-state index in [1.165, 1.54) is 6.92 Å². The summed E-state index contributed by atoms with van der Waals surface area (Å²) in [6, 6.07) is 5.96. The second-order valence-corrected chi connectivity index (χ2v) is 7.36. The van der Waals surface area contributed by atoms with Crippen LogP contribution >= 0.6 is 0 Å². The third-order valence-corrected chi connectivity index (χ3v) is 4.85. The Hall–Kier alpha value is -3.43. The summed E-state index contributed by atoms with van der Waals surface area (Å²) in [5, 5.41) is 16.8. The van der Waals surface area contributed by atoms with E-state index < -0.39 is 60.1 Å². The molecule has 0 spiro atoms. The van der Waals surface area contributed by atoms with Gasteiger partial charge in [-0.3, -0.25) is 19.2 Å². The van der Waals surface area contributed by atoms with Gasteiger partial charge in [-0.15, -0.1) is 0 Å². The zero-order chi connectivity index (χ0) is 23.0. The van der Waals surface area contributed by atoms with Crippen molar-refractivity contribution in [3.63, 3.8) is 0 Å². The van der Waals surface area contributed by atoms with Crippen LogP contribution in [0.1, 0.15) is 32.3 Å². The highest BCUT2D eigenvalue weighted by Crippen LogP contribution is 2.11. The molecule has 0 unspecified atom stereocenters. The zero-order valence-corrected chi connectivity index (χ0v) is 17.4. The van der Waals surface area contributed by atoms with Crippen molar-refractivity contribution in [2.24, 2.45) is 5.92 Å². The van der Waals surface area contributed by atoms with Gasteiger partial charge in [0.15, 0.2) is 0 Å². The Bertz CT molecular complexity index is 828. The second-order valence-electron chi connectivity index (χ2n) is 7.36. The van der Waals surface area contributed by atoms with Crippen LogP contribution in [0, 0.1) is 5.92 Å². The van der Waals surface area contributed by atoms with Crippen molar-refractivity contribution in [1.29, 1.82) is 0 Å². The first kappa shape index (κ1) is 23.8. The van der Waals surface area contributed by atoms with Gasteiger partial charge in [-0.2, -0.15) is 0 Å². The maximum Gasteiger partial charge on any atom is 0.326 e. The number of hydrogen-bond donors (Lipinski definition) is 4. The van der Waals surface area contributed by atoms with Crippen LogP contribution in [-0.2, 0) is 35.1 Å². The molecular formula is C21H27N3O7. The van der Waals surface area contributed by atoms with E-state index in [1.807, 2.05) is 30.3 Å². The smallest absolute Gasteiger partial charge is 0.326 e. The maximum absolute atomic E-state index is 12.4. The molecule has 0 aliphatic carbocycles. The highest BCUT2D eigenvalue weighted by molar-refractivity contribution is 5.99. The van der Waals surface area contributed by atoms with Crippen molar-refractivity contribution < 1.29 is 33.8 Å². The molecule has 0 aromatic heterocycles. The van der Waals surface area contributed by atoms with E-state index in [0.29, 0.717) is 6.42 Å². The topological polar surface area (TPSA) is 151 Å². The zero-order valence-electron chi connectivity index (χ0n) is 17.4. The lowest BCUT2D eigenvalue weighted by Crippen LogP contribution is -2.63. The molecule has 1 heterocycles. The number of carboxylic acids is 1. The lowest BCUT2D eigenvalue weighted by Gasteiger charge is -2.29. The molecule has 10 heteroatoms. The van der Waals surface area contributed by atoms with E-state index in [0.717, 1.165) is 5.56 Å². The fourth-order valence-electron chi connectivity index (χ4n) is 3.21. The highest BCUT2D eigenvalue weighted by atomic mass is 16.5. The Labute approximate surface area is 179 Å². The largest absolute Gasteiger partial charge is 0.480 e. The molecule has 168 valence electrons. The Morgan fingerprint density at radius 2 is 1.71 bits per heavy atom. The average Bonchev–Trinajstić information content (AvgIpc) is 2.72. The number of benzene rings is 1. The number of carboxylic acid groups (broad SMARTS) is 1. The molecule has 1 aliphatic rings. The summed E-state index contributed by atoms with van der Waals surface area (Å²) in [5.74, 6) is -4.30. The monoisotopic (exact) mass is 433 g/mol. The molecule has 1 aliphatic heterocycles. The number of nitrogens with one attached hydrogen (secondary N) is 3. The molecule has 1 aromatic rings. The van der Waals surface area contributed by atoms with E-state index >= 15 is 0 Å². The van der Waals surface area contributed by atoms with Crippen LogP contribution in [0.25, 0.3) is 0 Å². The minimum absolute atomic E-state index is 0.162. The van der Waals surface area contributed by atoms with Gasteiger partial charge < -0.3 is 25.8 Å². The number of ether oxygens (including phenoxy) is 1. The fraction of sp³-hybridized carbons (Fsp3) is 0.476. The second kappa shape index (κ2) is 11.1. The number of amides is 3. The van der Waals surface area contributed by atoms with Gasteiger partial charge in [0.25, 0.3) is 0 Å². The predicted octanol–water partition coefficient (Wildman–Crippen LogP) is -0.239. The fourth-order valence-corrected chi connectivity index (χ4v) is 3.21. The number of aliphatic carboxylic acids is 1. The number of esters is 1. The molecule has 0 bridgehead atoms. The van der Waals surface area contributed by atoms with E-state index in [4.69, 9.17) is 4.74 Å². The van der Waals surface area contributed by atoms with Crippen molar-refractivity contribution in [3.05, 3.63) is 35.9 Å². The van der Waals surface area contributed by atoms with Crippen LogP contribution in [-0.4, -0.2) is 59.5 Å². The van der Waals surface area contributed by atoms with Crippen LogP contribution in [0.5, 0.6) is 0 Å². The Morgan fingerprint density at radius 3 is 2.32 bits per heavy atom. The Kier molecular flexibility index (Phi) is 8.53. The quantitative estimate of drug-likeness (QED) is 0.372. The van der Waals surface area contributed by atoms with Gasteiger partial charge in [0.05, 0.1) is 18.9 Å². The van der Waals surface area contributed by atoms with Crippen LogP contribution in [0.4, 0.5) is 0 Å². The third kappa shape index (κ3) is 7.09. The first-order chi connectivity index (χ1) is 14.7. The lowest BCUT2D eigenvalue weighted by atomic mass is 10.00. The summed E-state index contributed by atoms with van der Waals surface area (Å²) >= 11 is 0. The molecule has 4 atom stereocenters. The van der Waals surface area contributed by atoms with E-state index in [2.05, 4.69) is 16.0 Å². The van der Waals surface area contributed by atoms with Crippen LogP contribution in [0.2, 0.25) is 0 Å². The molecule has 3 amide bonds. The van der Waals surface area contributed by atoms with E-state index in [1.54, 1.807) is 6.92 Å². The minimum atomic E-state index is -1.33. The van der Waals surface area contributed by atoms with Gasteiger partial charge >= 0.3 is 11.9 Å². The van der Waals surface area contributed by atoms with E-state index in [9.17, 15) is 29.1 Å². The van der Waals surface area contributed by atoms with Crippen molar-refractivity contribution in [3.8, 4) is 0 Å². The molecule has 0 saturated carbocycles. The average molecular weight is 433 g/mol. The first-order valence-corrected chi connectivity index (χ1v) is 10.0. The lowest BCUT2D eigenvalue weighted by molar-refractivity contribution is -0.149. The summed E-state index contributed by atoms with van der Waals surface area (Å²) in [6.45, 7) is 3.30. The van der Waals surface area contributed by atoms with Gasteiger partial charge in [0.1, 0.15) is 18.1 Å². The molecule has 1 aromatic carbocycles. The number of carbonyl (C=O) groups excluding carboxylic acids is 4. The van der Waals surface area contributed by atoms with Crippen LogP contribution in [0.3, 0.4) is 0 Å². The maximum atomic E-state index is 12.4. The van der Waals surface area contributed by atoms with Gasteiger partial charge in [-0.05, 0) is 18.9 Å². The van der Waals surface area contributed by atoms with E-state index in [-0.39, 0.29) is 13.0 Å². The molecule has 10 nitrogen and oxygen atoms in total. The highest BCUT2D eigenvalue weighted by Gasteiger charge is 2.35. The van der Waals surface area contributed by atoms with Gasteiger partial charge in [0, 0.05) is 6.42 Å². The van der Waals surface area contributed by atoms with Crippen molar-refractivity contribution >= 4 is 29.7 Å². The van der Waals surface area contributed by atoms with Crippen LogP contribution in [0.15, 0.2) is 30.3 Å². The summed E-state index contributed by atoms with van der Waals surface area (Å²) in [5.41, 5.74) is 0.874. The molecule has 1 saturated heterocycles. The molecule has 2 rings (SSSR count). The Morgan fingerprint density at radius 1 is 1.10 bits per heavy atom. The number of piperazine rings is 1. The standard InChI is InChI=1S/C21H27N3O7/c1-3-31-21(30)12(2)9-16(20(28)29)22-17(25)11-15-19(27)23-14(18(26)24-15)10-13-7-5-4-6-8-13/h4-8,12,14-16H,3,9-11H2,1-2H3,(H,22,25)(H,23,27)(H,24,26)(H,28,29)/t12-,14-,15-,16-/m0/s1. The third-order valence-electron chi connectivity index (χ3n) is 4.85. The Balaban J connectivity index is 1.90. The normalized spacial score (nSPS) is 20.1. The van der Waals surface area contributed by atoms with Crippen LogP contribution < -0.4 is 16.0 Å². The van der Waals surface area contributed by atoms with Gasteiger partial charge in [-0.25, -0.2) is 4.79 Å². The summed E-state index contributed by atoms with van der Waals surface area (Å²) in [4.78, 5) is 60.2. The van der Waals surface area contributed by atoms with Gasteiger partial charge in [0.2, 0.25) is 17.7 Å².